The lowest BCUT2D eigenvalue weighted by atomic mass is 9.72. The van der Waals surface area contributed by atoms with Crippen LogP contribution >= 0.6 is 0 Å². The smallest absolute Gasteiger partial charge is 0.119 e. The van der Waals surface area contributed by atoms with Crippen molar-refractivity contribution in [2.75, 3.05) is 13.2 Å². The third kappa shape index (κ3) is 3.95. The Morgan fingerprint density at radius 2 is 1.95 bits per heavy atom. The van der Waals surface area contributed by atoms with Gasteiger partial charge >= 0.3 is 0 Å². The topological polar surface area (TPSA) is 44.5 Å². The van der Waals surface area contributed by atoms with Gasteiger partial charge in [0, 0.05) is 6.04 Å². The Balaban J connectivity index is 1.71. The van der Waals surface area contributed by atoms with Gasteiger partial charge in [-0.05, 0) is 30.4 Å². The summed E-state index contributed by atoms with van der Waals surface area (Å²) >= 11 is 0. The first-order valence-corrected chi connectivity index (χ1v) is 7.15. The van der Waals surface area contributed by atoms with Crippen LogP contribution in [0.1, 0.15) is 33.1 Å². The highest BCUT2D eigenvalue weighted by Crippen LogP contribution is 2.35. The average molecular weight is 263 g/mol. The Hall–Kier alpha value is -1.06. The number of ether oxygens (including phenoxy) is 2. The third-order valence-corrected chi connectivity index (χ3v) is 4.04. The van der Waals surface area contributed by atoms with Gasteiger partial charge in [0.1, 0.15) is 12.4 Å². The average Bonchev–Trinajstić information content (AvgIpc) is 2.40. The zero-order valence-corrected chi connectivity index (χ0v) is 12.0. The first-order valence-electron chi connectivity index (χ1n) is 7.15. The highest BCUT2D eigenvalue weighted by atomic mass is 16.5. The van der Waals surface area contributed by atoms with E-state index in [4.69, 9.17) is 15.2 Å². The molecule has 1 fully saturated rings. The van der Waals surface area contributed by atoms with E-state index in [1.165, 1.54) is 12.8 Å². The van der Waals surface area contributed by atoms with E-state index in [0.717, 1.165) is 12.2 Å². The number of nitrogens with two attached hydrogens (primary N) is 1. The van der Waals surface area contributed by atoms with Crippen molar-refractivity contribution >= 4 is 0 Å². The zero-order chi connectivity index (χ0) is 13.7. The Labute approximate surface area is 116 Å². The van der Waals surface area contributed by atoms with Crippen LogP contribution in [0.5, 0.6) is 5.75 Å². The van der Waals surface area contributed by atoms with Crippen LogP contribution in [-0.2, 0) is 4.74 Å². The van der Waals surface area contributed by atoms with E-state index in [1.54, 1.807) is 0 Å². The molecule has 1 aliphatic rings. The molecule has 2 N–H and O–H groups in total. The molecule has 0 aliphatic heterocycles. The van der Waals surface area contributed by atoms with Crippen LogP contribution < -0.4 is 10.5 Å². The summed E-state index contributed by atoms with van der Waals surface area (Å²) in [6, 6.07) is 9.95. The lowest BCUT2D eigenvalue weighted by Gasteiger charge is -2.41. The molecule has 2 atom stereocenters. The molecule has 0 spiro atoms. The molecule has 0 bridgehead atoms. The van der Waals surface area contributed by atoms with Crippen molar-refractivity contribution in [3.8, 4) is 5.75 Å². The van der Waals surface area contributed by atoms with Crippen molar-refractivity contribution in [3.63, 3.8) is 0 Å². The summed E-state index contributed by atoms with van der Waals surface area (Å²) in [6.07, 6.45) is 3.62. The Bertz CT molecular complexity index is 378. The van der Waals surface area contributed by atoms with Crippen molar-refractivity contribution in [1.29, 1.82) is 0 Å². The van der Waals surface area contributed by atoms with Gasteiger partial charge in [0.2, 0.25) is 0 Å². The van der Waals surface area contributed by atoms with E-state index < -0.39 is 0 Å². The molecule has 19 heavy (non-hydrogen) atoms. The molecule has 2 unspecified atom stereocenters. The van der Waals surface area contributed by atoms with Crippen LogP contribution in [0.15, 0.2) is 30.3 Å². The van der Waals surface area contributed by atoms with E-state index in [9.17, 15) is 0 Å². The van der Waals surface area contributed by atoms with Crippen molar-refractivity contribution in [2.45, 2.75) is 45.3 Å². The van der Waals surface area contributed by atoms with Gasteiger partial charge < -0.3 is 15.2 Å². The molecule has 3 nitrogen and oxygen atoms in total. The van der Waals surface area contributed by atoms with Gasteiger partial charge in [0.15, 0.2) is 0 Å². The summed E-state index contributed by atoms with van der Waals surface area (Å²) in [7, 11) is 0. The Kier molecular flexibility index (Phi) is 4.83. The number of rotatable bonds is 5. The molecule has 106 valence electrons. The molecule has 1 aromatic carbocycles. The molecule has 1 aromatic rings. The predicted octanol–water partition coefficient (Wildman–Crippen LogP) is 2.99. The molecule has 0 saturated heterocycles. The number of para-hydroxylation sites is 1. The summed E-state index contributed by atoms with van der Waals surface area (Å²) in [5.74, 6) is 0.888. The summed E-state index contributed by atoms with van der Waals surface area (Å²) in [4.78, 5) is 0. The fourth-order valence-corrected chi connectivity index (χ4v) is 2.67. The monoisotopic (exact) mass is 263 g/mol. The van der Waals surface area contributed by atoms with E-state index in [-0.39, 0.29) is 17.6 Å². The van der Waals surface area contributed by atoms with E-state index in [1.807, 2.05) is 30.3 Å². The second-order valence-electron chi connectivity index (χ2n) is 5.98. The molecule has 0 aromatic heterocycles. The highest BCUT2D eigenvalue weighted by molar-refractivity contribution is 5.20. The highest BCUT2D eigenvalue weighted by Gasteiger charge is 2.36. The fourth-order valence-electron chi connectivity index (χ4n) is 2.67. The van der Waals surface area contributed by atoms with Crippen LogP contribution in [0.25, 0.3) is 0 Å². The molecular formula is C16H25NO2. The minimum atomic E-state index is 0.123. The molecule has 0 radical (unpaired) electrons. The van der Waals surface area contributed by atoms with Gasteiger partial charge in [0.25, 0.3) is 0 Å². The number of hydrogen-bond acceptors (Lipinski definition) is 3. The van der Waals surface area contributed by atoms with Crippen LogP contribution in [0.2, 0.25) is 0 Å². The molecule has 1 aliphatic carbocycles. The maximum atomic E-state index is 6.28. The standard InChI is InChI=1S/C16H25NO2/c1-16(2)10-6-9-14(15(16)17)19-12-11-18-13-7-4-3-5-8-13/h3-5,7-8,14-15H,6,9-12,17H2,1-2H3. The number of hydrogen-bond donors (Lipinski definition) is 1. The SMILES string of the molecule is CC1(C)CCCC(OCCOc2ccccc2)C1N. The van der Waals surface area contributed by atoms with Gasteiger partial charge in [-0.2, -0.15) is 0 Å². The van der Waals surface area contributed by atoms with Gasteiger partial charge in [0.05, 0.1) is 12.7 Å². The lowest BCUT2D eigenvalue weighted by molar-refractivity contribution is -0.0332. The van der Waals surface area contributed by atoms with E-state index in [2.05, 4.69) is 13.8 Å². The minimum Gasteiger partial charge on any atom is -0.491 e. The first kappa shape index (κ1) is 14.4. The molecular weight excluding hydrogens is 238 g/mol. The zero-order valence-electron chi connectivity index (χ0n) is 12.0. The quantitative estimate of drug-likeness (QED) is 0.831. The summed E-state index contributed by atoms with van der Waals surface area (Å²) in [6.45, 7) is 5.64. The van der Waals surface area contributed by atoms with Crippen LogP contribution in [-0.4, -0.2) is 25.4 Å². The van der Waals surface area contributed by atoms with Gasteiger partial charge in [-0.1, -0.05) is 38.5 Å². The van der Waals surface area contributed by atoms with E-state index >= 15 is 0 Å². The summed E-state index contributed by atoms with van der Waals surface area (Å²) < 4.78 is 11.5. The molecule has 3 heteroatoms. The van der Waals surface area contributed by atoms with Crippen LogP contribution in [0.3, 0.4) is 0 Å². The Morgan fingerprint density at radius 1 is 1.21 bits per heavy atom. The van der Waals surface area contributed by atoms with Crippen molar-refractivity contribution in [3.05, 3.63) is 30.3 Å². The van der Waals surface area contributed by atoms with Crippen LogP contribution in [0, 0.1) is 5.41 Å². The Morgan fingerprint density at radius 3 is 2.68 bits per heavy atom. The summed E-state index contributed by atoms with van der Waals surface area (Å²) in [5, 5.41) is 0. The molecule has 0 amide bonds. The molecule has 2 rings (SSSR count). The van der Waals surface area contributed by atoms with Crippen molar-refractivity contribution in [1.82, 2.24) is 0 Å². The predicted molar refractivity (Wildman–Crippen MR) is 77.3 cm³/mol. The third-order valence-electron chi connectivity index (χ3n) is 4.04. The maximum Gasteiger partial charge on any atom is 0.119 e. The lowest BCUT2D eigenvalue weighted by Crippen LogP contribution is -2.50. The second-order valence-corrected chi connectivity index (χ2v) is 5.98. The van der Waals surface area contributed by atoms with Crippen LogP contribution in [0.4, 0.5) is 0 Å². The normalized spacial score (nSPS) is 26.1. The van der Waals surface area contributed by atoms with Crippen molar-refractivity contribution < 1.29 is 9.47 Å². The molecule has 1 saturated carbocycles. The maximum absolute atomic E-state index is 6.28. The first-order chi connectivity index (χ1) is 9.09. The molecule has 0 heterocycles. The minimum absolute atomic E-state index is 0.123. The summed E-state index contributed by atoms with van der Waals surface area (Å²) in [5.41, 5.74) is 6.47. The van der Waals surface area contributed by atoms with Crippen molar-refractivity contribution in [2.24, 2.45) is 11.1 Å². The van der Waals surface area contributed by atoms with Gasteiger partial charge in [-0.15, -0.1) is 0 Å². The number of benzene rings is 1. The van der Waals surface area contributed by atoms with Gasteiger partial charge in [-0.3, -0.25) is 0 Å². The largest absolute Gasteiger partial charge is 0.491 e. The second kappa shape index (κ2) is 6.40. The fraction of sp³-hybridized carbons (Fsp3) is 0.625. The van der Waals surface area contributed by atoms with E-state index in [0.29, 0.717) is 13.2 Å². The van der Waals surface area contributed by atoms with Gasteiger partial charge in [-0.25, -0.2) is 0 Å².